The number of nitrogens with one attached hydrogen (secondary N) is 1. The molecule has 0 saturated heterocycles. The summed E-state index contributed by atoms with van der Waals surface area (Å²) < 4.78 is 5.05. The highest BCUT2D eigenvalue weighted by Crippen LogP contribution is 2.09. The van der Waals surface area contributed by atoms with Crippen molar-refractivity contribution < 1.29 is 4.74 Å². The molecule has 1 heterocycles. The molecule has 0 unspecified atom stereocenters. The molecule has 0 saturated carbocycles. The molecule has 0 bridgehead atoms. The third-order valence-corrected chi connectivity index (χ3v) is 2.78. The number of nitrogens with zero attached hydrogens (tertiary/aromatic N) is 3. The van der Waals surface area contributed by atoms with E-state index in [1.54, 1.807) is 7.11 Å². The molecular weight excluding hydrogens is 228 g/mol. The van der Waals surface area contributed by atoms with Crippen LogP contribution in [0.2, 0.25) is 0 Å². The molecule has 0 atom stereocenters. The molecule has 0 amide bonds. The van der Waals surface area contributed by atoms with Crippen LogP contribution in [0, 0.1) is 6.92 Å². The number of likely N-dealkylation sites (N-methyl/N-ethyl adjacent to an activating group) is 1. The lowest BCUT2D eigenvalue weighted by molar-refractivity contribution is 0.206. The standard InChI is InChI=1S/C13H24N4O/c1-5-6-14-9-12-10-15-13(16-11(12)2)17(3)7-8-18-4/h10,14H,5-9H2,1-4H3. The van der Waals surface area contributed by atoms with Crippen molar-refractivity contribution in [1.29, 1.82) is 0 Å². The highest BCUT2D eigenvalue weighted by atomic mass is 16.5. The average Bonchev–Trinajstić information content (AvgIpc) is 2.38. The summed E-state index contributed by atoms with van der Waals surface area (Å²) in [5, 5.41) is 3.36. The molecule has 0 fully saturated rings. The summed E-state index contributed by atoms with van der Waals surface area (Å²) in [5.74, 6) is 0.754. The van der Waals surface area contributed by atoms with Gasteiger partial charge >= 0.3 is 0 Å². The maximum Gasteiger partial charge on any atom is 0.225 e. The molecule has 5 heteroatoms. The summed E-state index contributed by atoms with van der Waals surface area (Å²) >= 11 is 0. The van der Waals surface area contributed by atoms with Crippen molar-refractivity contribution in [1.82, 2.24) is 15.3 Å². The van der Waals surface area contributed by atoms with Crippen LogP contribution in [0.15, 0.2) is 6.20 Å². The maximum atomic E-state index is 5.05. The number of hydrogen-bond donors (Lipinski definition) is 1. The second kappa shape index (κ2) is 8.00. The average molecular weight is 252 g/mol. The van der Waals surface area contributed by atoms with E-state index in [0.29, 0.717) is 6.61 Å². The lowest BCUT2D eigenvalue weighted by atomic mass is 10.2. The van der Waals surface area contributed by atoms with Crippen molar-refractivity contribution in [3.63, 3.8) is 0 Å². The normalized spacial score (nSPS) is 10.7. The minimum atomic E-state index is 0.679. The van der Waals surface area contributed by atoms with Gasteiger partial charge in [-0.25, -0.2) is 9.97 Å². The van der Waals surface area contributed by atoms with Crippen LogP contribution >= 0.6 is 0 Å². The zero-order valence-electron chi connectivity index (χ0n) is 11.9. The van der Waals surface area contributed by atoms with Crippen LogP contribution in [-0.4, -0.2) is 43.8 Å². The molecule has 0 radical (unpaired) electrons. The Morgan fingerprint density at radius 1 is 1.44 bits per heavy atom. The quantitative estimate of drug-likeness (QED) is 0.708. The van der Waals surface area contributed by atoms with Gasteiger partial charge < -0.3 is 15.0 Å². The number of aryl methyl sites for hydroxylation is 1. The predicted octanol–water partition coefficient (Wildman–Crippen LogP) is 1.37. The fourth-order valence-corrected chi connectivity index (χ4v) is 1.57. The first-order valence-corrected chi connectivity index (χ1v) is 6.42. The first-order chi connectivity index (χ1) is 8.69. The molecule has 1 N–H and O–H groups in total. The smallest absolute Gasteiger partial charge is 0.225 e. The molecule has 1 rings (SSSR count). The van der Waals surface area contributed by atoms with Crippen LogP contribution in [0.25, 0.3) is 0 Å². The lowest BCUT2D eigenvalue weighted by Gasteiger charge is -2.17. The molecule has 0 aromatic carbocycles. The SMILES string of the molecule is CCCNCc1cnc(N(C)CCOC)nc1C. The Bertz CT molecular complexity index is 357. The number of ether oxygens (including phenoxy) is 1. The minimum absolute atomic E-state index is 0.679. The molecule has 0 aliphatic heterocycles. The van der Waals surface area contributed by atoms with E-state index in [-0.39, 0.29) is 0 Å². The van der Waals surface area contributed by atoms with Crippen molar-refractivity contribution >= 4 is 5.95 Å². The van der Waals surface area contributed by atoms with Crippen molar-refractivity contribution in [3.8, 4) is 0 Å². The van der Waals surface area contributed by atoms with E-state index in [2.05, 4.69) is 22.2 Å². The number of anilines is 1. The molecule has 0 aliphatic carbocycles. The summed E-state index contributed by atoms with van der Waals surface area (Å²) in [4.78, 5) is 10.9. The van der Waals surface area contributed by atoms with Gasteiger partial charge in [-0.15, -0.1) is 0 Å². The topological polar surface area (TPSA) is 50.3 Å². The molecule has 1 aromatic heterocycles. The number of hydrogen-bond acceptors (Lipinski definition) is 5. The lowest BCUT2D eigenvalue weighted by Crippen LogP contribution is -2.25. The third-order valence-electron chi connectivity index (χ3n) is 2.78. The van der Waals surface area contributed by atoms with Gasteiger partial charge in [-0.3, -0.25) is 0 Å². The molecule has 5 nitrogen and oxygen atoms in total. The van der Waals surface area contributed by atoms with Crippen LogP contribution in [-0.2, 0) is 11.3 Å². The van der Waals surface area contributed by atoms with Gasteiger partial charge in [-0.05, 0) is 19.9 Å². The molecule has 102 valence electrons. The van der Waals surface area contributed by atoms with E-state index in [1.165, 1.54) is 0 Å². The van der Waals surface area contributed by atoms with Crippen LogP contribution in [0.4, 0.5) is 5.95 Å². The van der Waals surface area contributed by atoms with Crippen molar-refractivity contribution in [2.24, 2.45) is 0 Å². The van der Waals surface area contributed by atoms with E-state index in [1.807, 2.05) is 25.1 Å². The number of rotatable bonds is 8. The summed E-state index contributed by atoms with van der Waals surface area (Å²) in [7, 11) is 3.67. The monoisotopic (exact) mass is 252 g/mol. The van der Waals surface area contributed by atoms with Crippen molar-refractivity contribution in [3.05, 3.63) is 17.5 Å². The fraction of sp³-hybridized carbons (Fsp3) is 0.692. The molecule has 0 aliphatic rings. The summed E-state index contributed by atoms with van der Waals surface area (Å²) in [6, 6.07) is 0. The number of methoxy groups -OCH3 is 1. The van der Waals surface area contributed by atoms with Gasteiger partial charge in [0, 0.05) is 44.7 Å². The Morgan fingerprint density at radius 2 is 2.22 bits per heavy atom. The Morgan fingerprint density at radius 3 is 2.83 bits per heavy atom. The summed E-state index contributed by atoms with van der Waals surface area (Å²) in [5.41, 5.74) is 2.19. The second-order valence-corrected chi connectivity index (χ2v) is 4.37. The van der Waals surface area contributed by atoms with Gasteiger partial charge in [0.05, 0.1) is 6.61 Å². The van der Waals surface area contributed by atoms with Gasteiger partial charge in [0.25, 0.3) is 0 Å². The Hall–Kier alpha value is -1.20. The Balaban J connectivity index is 2.60. The van der Waals surface area contributed by atoms with Crippen molar-refractivity contribution in [2.45, 2.75) is 26.8 Å². The molecular formula is C13H24N4O. The van der Waals surface area contributed by atoms with Crippen LogP contribution < -0.4 is 10.2 Å². The van der Waals surface area contributed by atoms with E-state index >= 15 is 0 Å². The van der Waals surface area contributed by atoms with E-state index in [9.17, 15) is 0 Å². The first kappa shape index (κ1) is 14.9. The summed E-state index contributed by atoms with van der Waals surface area (Å²) in [6.07, 6.45) is 3.04. The Kier molecular flexibility index (Phi) is 6.60. The van der Waals surface area contributed by atoms with E-state index in [4.69, 9.17) is 4.74 Å². The van der Waals surface area contributed by atoms with E-state index in [0.717, 1.165) is 43.3 Å². The van der Waals surface area contributed by atoms with Gasteiger partial charge in [-0.1, -0.05) is 6.92 Å². The highest BCUT2D eigenvalue weighted by molar-refractivity contribution is 5.31. The van der Waals surface area contributed by atoms with Gasteiger partial charge in [0.15, 0.2) is 0 Å². The second-order valence-electron chi connectivity index (χ2n) is 4.37. The van der Waals surface area contributed by atoms with Gasteiger partial charge in [-0.2, -0.15) is 0 Å². The van der Waals surface area contributed by atoms with Gasteiger partial charge in [0.2, 0.25) is 5.95 Å². The zero-order valence-corrected chi connectivity index (χ0v) is 11.9. The molecule has 1 aromatic rings. The van der Waals surface area contributed by atoms with Crippen LogP contribution in [0.1, 0.15) is 24.6 Å². The molecule has 0 spiro atoms. The predicted molar refractivity (Wildman–Crippen MR) is 73.9 cm³/mol. The largest absolute Gasteiger partial charge is 0.383 e. The summed E-state index contributed by atoms with van der Waals surface area (Å²) in [6.45, 7) is 7.52. The number of aromatic nitrogens is 2. The van der Waals surface area contributed by atoms with Crippen molar-refractivity contribution in [2.75, 3.05) is 38.8 Å². The van der Waals surface area contributed by atoms with Crippen LogP contribution in [0.3, 0.4) is 0 Å². The molecule has 18 heavy (non-hydrogen) atoms. The maximum absolute atomic E-state index is 5.05. The first-order valence-electron chi connectivity index (χ1n) is 6.42. The Labute approximate surface area is 110 Å². The van der Waals surface area contributed by atoms with Crippen LogP contribution in [0.5, 0.6) is 0 Å². The van der Waals surface area contributed by atoms with Gasteiger partial charge in [0.1, 0.15) is 0 Å². The fourth-order valence-electron chi connectivity index (χ4n) is 1.57. The third kappa shape index (κ3) is 4.58. The van der Waals surface area contributed by atoms with E-state index < -0.39 is 0 Å². The minimum Gasteiger partial charge on any atom is -0.383 e. The highest BCUT2D eigenvalue weighted by Gasteiger charge is 2.07. The zero-order chi connectivity index (χ0) is 13.4.